The Balaban J connectivity index is 2.13. The number of hydrogen-bond donors (Lipinski definition) is 1. The van der Waals surface area contributed by atoms with E-state index in [-0.39, 0.29) is 5.56 Å². The van der Waals surface area contributed by atoms with Crippen LogP contribution in [0, 0.1) is 5.82 Å². The Morgan fingerprint density at radius 1 is 1.39 bits per heavy atom. The molecule has 0 bridgehead atoms. The van der Waals surface area contributed by atoms with Crippen LogP contribution in [0.25, 0.3) is 0 Å². The highest BCUT2D eigenvalue weighted by Gasteiger charge is 2.09. The Hall–Kier alpha value is -1.04. The van der Waals surface area contributed by atoms with Crippen LogP contribution in [0.1, 0.15) is 15.2 Å². The Morgan fingerprint density at radius 2 is 2.17 bits per heavy atom. The fourth-order valence-electron chi connectivity index (χ4n) is 1.33. The average molecular weight is 303 g/mol. The first-order valence-electron chi connectivity index (χ1n) is 4.96. The first-order chi connectivity index (χ1) is 8.56. The molecule has 6 heteroatoms. The van der Waals surface area contributed by atoms with E-state index in [1.54, 1.807) is 6.07 Å². The lowest BCUT2D eigenvalue weighted by molar-refractivity contribution is 0.0696. The van der Waals surface area contributed by atoms with Crippen LogP contribution >= 0.6 is 34.7 Å². The van der Waals surface area contributed by atoms with Gasteiger partial charge in [-0.2, -0.15) is 0 Å². The number of hydrogen-bond acceptors (Lipinski definition) is 3. The van der Waals surface area contributed by atoms with Gasteiger partial charge in [-0.3, -0.25) is 0 Å². The summed E-state index contributed by atoms with van der Waals surface area (Å²) in [6.07, 6.45) is 0. The molecule has 0 spiro atoms. The zero-order valence-electron chi connectivity index (χ0n) is 9.02. The second-order valence-electron chi connectivity index (χ2n) is 3.44. The summed E-state index contributed by atoms with van der Waals surface area (Å²) in [5.41, 5.74) is 0.0862. The van der Waals surface area contributed by atoms with Crippen molar-refractivity contribution in [1.29, 1.82) is 0 Å². The second kappa shape index (κ2) is 5.73. The molecule has 0 atom stereocenters. The minimum Gasteiger partial charge on any atom is -0.478 e. The Kier molecular flexibility index (Phi) is 4.27. The maximum atomic E-state index is 13.5. The van der Waals surface area contributed by atoms with Crippen LogP contribution in [-0.4, -0.2) is 11.1 Å². The van der Waals surface area contributed by atoms with Gasteiger partial charge in [0.2, 0.25) is 0 Å². The topological polar surface area (TPSA) is 37.3 Å². The van der Waals surface area contributed by atoms with Crippen molar-refractivity contribution in [2.45, 2.75) is 10.6 Å². The number of rotatable bonds is 4. The molecule has 1 heterocycles. The molecule has 0 saturated heterocycles. The van der Waals surface area contributed by atoms with Gasteiger partial charge in [-0.25, -0.2) is 9.18 Å². The molecule has 2 aromatic rings. The molecule has 2 nitrogen and oxygen atoms in total. The van der Waals surface area contributed by atoms with Gasteiger partial charge in [0.1, 0.15) is 5.82 Å². The third-order valence-electron chi connectivity index (χ3n) is 2.18. The van der Waals surface area contributed by atoms with Crippen LogP contribution in [0.4, 0.5) is 4.39 Å². The fraction of sp³-hybridized carbons (Fsp3) is 0.0833. The summed E-state index contributed by atoms with van der Waals surface area (Å²) < 4.78 is 14.2. The van der Waals surface area contributed by atoms with Gasteiger partial charge in [-0.05, 0) is 30.3 Å². The predicted molar refractivity (Wildman–Crippen MR) is 72.2 cm³/mol. The van der Waals surface area contributed by atoms with Gasteiger partial charge < -0.3 is 5.11 Å². The van der Waals surface area contributed by atoms with Crippen molar-refractivity contribution < 1.29 is 14.3 Å². The van der Waals surface area contributed by atoms with Crippen LogP contribution in [0.3, 0.4) is 0 Å². The highest BCUT2D eigenvalue weighted by atomic mass is 35.5. The van der Waals surface area contributed by atoms with E-state index in [2.05, 4.69) is 0 Å². The van der Waals surface area contributed by atoms with E-state index in [1.807, 2.05) is 6.07 Å². The standard InChI is InChI=1S/C12H8ClFO2S2/c13-11-4-2-8(18-11)6-17-10-5-7(12(15)16)1-3-9(10)14/h1-5H,6H2,(H,15,16). The smallest absolute Gasteiger partial charge is 0.335 e. The number of benzene rings is 1. The molecule has 0 fully saturated rings. The lowest BCUT2D eigenvalue weighted by Crippen LogP contribution is -1.97. The van der Waals surface area contributed by atoms with E-state index in [4.69, 9.17) is 16.7 Å². The lowest BCUT2D eigenvalue weighted by Gasteiger charge is -2.03. The average Bonchev–Trinajstić information content (AvgIpc) is 2.74. The van der Waals surface area contributed by atoms with Crippen molar-refractivity contribution >= 4 is 40.7 Å². The summed E-state index contributed by atoms with van der Waals surface area (Å²) in [7, 11) is 0. The van der Waals surface area contributed by atoms with Gasteiger partial charge in [0, 0.05) is 15.5 Å². The number of thiophene rings is 1. The fourth-order valence-corrected chi connectivity index (χ4v) is 3.43. The molecular weight excluding hydrogens is 295 g/mol. The predicted octanol–water partition coefficient (Wildman–Crippen LogP) is 4.53. The summed E-state index contributed by atoms with van der Waals surface area (Å²) in [6, 6.07) is 7.43. The van der Waals surface area contributed by atoms with Crippen molar-refractivity contribution in [3.8, 4) is 0 Å². The molecule has 18 heavy (non-hydrogen) atoms. The van der Waals surface area contributed by atoms with Gasteiger partial charge in [-0.15, -0.1) is 23.1 Å². The van der Waals surface area contributed by atoms with Crippen molar-refractivity contribution in [2.75, 3.05) is 0 Å². The third-order valence-corrected chi connectivity index (χ3v) is 4.67. The molecule has 0 unspecified atom stereocenters. The molecule has 0 aliphatic rings. The second-order valence-corrected chi connectivity index (χ2v) is 6.26. The van der Waals surface area contributed by atoms with Crippen molar-refractivity contribution in [3.05, 3.63) is 50.9 Å². The van der Waals surface area contributed by atoms with E-state index >= 15 is 0 Å². The third kappa shape index (κ3) is 3.25. The normalized spacial score (nSPS) is 10.6. The highest BCUT2D eigenvalue weighted by Crippen LogP contribution is 2.30. The highest BCUT2D eigenvalue weighted by molar-refractivity contribution is 7.98. The molecule has 1 aromatic carbocycles. The quantitative estimate of drug-likeness (QED) is 0.843. The SMILES string of the molecule is O=C(O)c1ccc(F)c(SCc2ccc(Cl)s2)c1. The molecule has 0 aliphatic heterocycles. The largest absolute Gasteiger partial charge is 0.478 e. The van der Waals surface area contributed by atoms with Crippen molar-refractivity contribution in [1.82, 2.24) is 0 Å². The molecule has 0 radical (unpaired) electrons. The van der Waals surface area contributed by atoms with E-state index in [0.717, 1.165) is 4.88 Å². The number of carboxylic acid groups (broad SMARTS) is 1. The molecular formula is C12H8ClFO2S2. The molecule has 94 valence electrons. The van der Waals surface area contributed by atoms with Crippen molar-refractivity contribution in [3.63, 3.8) is 0 Å². The van der Waals surface area contributed by atoms with E-state index in [9.17, 15) is 9.18 Å². The summed E-state index contributed by atoms with van der Waals surface area (Å²) in [5, 5.41) is 8.84. The van der Waals surface area contributed by atoms with Crippen LogP contribution in [0.5, 0.6) is 0 Å². The number of carbonyl (C=O) groups is 1. The number of aromatic carboxylic acids is 1. The number of thioether (sulfide) groups is 1. The zero-order valence-corrected chi connectivity index (χ0v) is 11.4. The minimum absolute atomic E-state index is 0.0862. The maximum absolute atomic E-state index is 13.5. The van der Waals surface area contributed by atoms with E-state index < -0.39 is 11.8 Å². The molecule has 1 N–H and O–H groups in total. The van der Waals surface area contributed by atoms with Gasteiger partial charge in [0.15, 0.2) is 0 Å². The molecule has 0 saturated carbocycles. The first kappa shape index (κ1) is 13.4. The van der Waals surface area contributed by atoms with Gasteiger partial charge in [0.25, 0.3) is 0 Å². The van der Waals surface area contributed by atoms with Crippen molar-refractivity contribution in [2.24, 2.45) is 0 Å². The van der Waals surface area contributed by atoms with Crippen LogP contribution < -0.4 is 0 Å². The Bertz CT molecular complexity index is 583. The van der Waals surface area contributed by atoms with Crippen LogP contribution in [0.2, 0.25) is 4.34 Å². The van der Waals surface area contributed by atoms with Crippen LogP contribution in [0.15, 0.2) is 35.2 Å². The van der Waals surface area contributed by atoms with E-state index in [0.29, 0.717) is 15.0 Å². The summed E-state index contributed by atoms with van der Waals surface area (Å²) >= 11 is 8.49. The Labute approximate surface area is 116 Å². The molecule has 1 aromatic heterocycles. The Morgan fingerprint density at radius 3 is 2.78 bits per heavy atom. The molecule has 2 rings (SSSR count). The summed E-state index contributed by atoms with van der Waals surface area (Å²) in [6.45, 7) is 0. The number of halogens is 2. The first-order valence-corrected chi connectivity index (χ1v) is 7.14. The minimum atomic E-state index is -1.06. The molecule has 0 amide bonds. The van der Waals surface area contributed by atoms with Crippen LogP contribution in [-0.2, 0) is 5.75 Å². The monoisotopic (exact) mass is 302 g/mol. The van der Waals surface area contributed by atoms with Gasteiger partial charge in [-0.1, -0.05) is 11.6 Å². The summed E-state index contributed by atoms with van der Waals surface area (Å²) in [5.74, 6) is -0.902. The number of carboxylic acids is 1. The summed E-state index contributed by atoms with van der Waals surface area (Å²) in [4.78, 5) is 12.1. The van der Waals surface area contributed by atoms with E-state index in [1.165, 1.54) is 41.3 Å². The maximum Gasteiger partial charge on any atom is 0.335 e. The van der Waals surface area contributed by atoms with Gasteiger partial charge >= 0.3 is 5.97 Å². The van der Waals surface area contributed by atoms with Gasteiger partial charge in [0.05, 0.1) is 9.90 Å². The molecule has 0 aliphatic carbocycles. The zero-order chi connectivity index (χ0) is 13.1. The lowest BCUT2D eigenvalue weighted by atomic mass is 10.2.